The molecule has 4 aromatic rings. The van der Waals surface area contributed by atoms with Crippen molar-refractivity contribution in [3.8, 4) is 23.1 Å². The number of fused-ring (bicyclic) bond motifs is 1. The highest BCUT2D eigenvalue weighted by Gasteiger charge is 2.37. The second-order valence-corrected chi connectivity index (χ2v) is 14.9. The summed E-state index contributed by atoms with van der Waals surface area (Å²) >= 11 is 0. The van der Waals surface area contributed by atoms with Crippen LogP contribution in [0.1, 0.15) is 102 Å². The van der Waals surface area contributed by atoms with E-state index >= 15 is 0 Å². The van der Waals surface area contributed by atoms with Crippen molar-refractivity contribution in [2.24, 2.45) is 5.41 Å². The van der Waals surface area contributed by atoms with E-state index in [0.717, 1.165) is 64.2 Å². The first kappa shape index (κ1) is 32.1. The maximum atomic E-state index is 13.0. The van der Waals surface area contributed by atoms with E-state index in [9.17, 15) is 9.59 Å². The fourth-order valence-electron chi connectivity index (χ4n) is 6.25. The Bertz CT molecular complexity index is 1880. The van der Waals surface area contributed by atoms with Crippen LogP contribution in [0.25, 0.3) is 22.3 Å². The maximum absolute atomic E-state index is 13.0. The number of imidazole rings is 2. The third kappa shape index (κ3) is 7.43. The summed E-state index contributed by atoms with van der Waals surface area (Å²) in [4.78, 5) is 46.0. The number of carbonyl (C=O) groups excluding carboxylic acids is 2. The highest BCUT2D eigenvalue weighted by Crippen LogP contribution is 2.36. The molecule has 2 aromatic heterocycles. The maximum Gasteiger partial charge on any atom is 0.411 e. The summed E-state index contributed by atoms with van der Waals surface area (Å²) in [5.74, 6) is 8.28. The molecule has 0 aliphatic carbocycles. The van der Waals surface area contributed by atoms with Gasteiger partial charge in [0.25, 0.3) is 0 Å². The lowest BCUT2D eigenvalue weighted by atomic mass is 9.91. The molecule has 9 nitrogen and oxygen atoms in total. The number of likely N-dealkylation sites (tertiary alicyclic amines) is 2. The standard InChI is InChI=1S/C38H44N6O3/c1-24-19-32(44(23-24)36(46)47-38(5,6)7)34-39-22-30(42-34)27-15-12-25(13-16-27)10-11-26-14-17-28-29(20-26)41-35(40-28)31-9-8-18-43(31)33(45)21-37(2,3)4/h12-17,20,22,31-32H,1,8-9,18-19,21,23H2,2-7H3,(H,39,42)(H,40,41)/t31-,32-/m0/s1. The van der Waals surface area contributed by atoms with Crippen LogP contribution in [0.3, 0.4) is 0 Å². The number of ether oxygens (including phenoxy) is 1. The van der Waals surface area contributed by atoms with Gasteiger partial charge in [-0.3, -0.25) is 9.69 Å². The Morgan fingerprint density at radius 1 is 0.957 bits per heavy atom. The third-order valence-electron chi connectivity index (χ3n) is 8.40. The van der Waals surface area contributed by atoms with Crippen LogP contribution in [0.5, 0.6) is 0 Å². The van der Waals surface area contributed by atoms with E-state index in [4.69, 9.17) is 14.7 Å². The number of nitrogens with one attached hydrogen (secondary N) is 2. The lowest BCUT2D eigenvalue weighted by Gasteiger charge is -2.27. The summed E-state index contributed by atoms with van der Waals surface area (Å²) in [6.45, 7) is 17.2. The van der Waals surface area contributed by atoms with Gasteiger partial charge in [0.05, 0.1) is 28.8 Å². The lowest BCUT2D eigenvalue weighted by molar-refractivity contribution is -0.134. The monoisotopic (exact) mass is 632 g/mol. The number of hydrogen-bond acceptors (Lipinski definition) is 5. The van der Waals surface area contributed by atoms with Crippen molar-refractivity contribution in [1.82, 2.24) is 29.7 Å². The Morgan fingerprint density at radius 3 is 2.40 bits per heavy atom. The van der Waals surface area contributed by atoms with E-state index in [0.29, 0.717) is 25.2 Å². The molecule has 0 radical (unpaired) electrons. The molecule has 47 heavy (non-hydrogen) atoms. The van der Waals surface area contributed by atoms with Crippen molar-refractivity contribution in [2.45, 2.75) is 84.9 Å². The number of benzene rings is 2. The Balaban J connectivity index is 1.13. The highest BCUT2D eigenvalue weighted by molar-refractivity contribution is 5.79. The molecule has 0 bridgehead atoms. The quantitative estimate of drug-likeness (QED) is 0.177. The fourth-order valence-corrected chi connectivity index (χ4v) is 6.25. The van der Waals surface area contributed by atoms with Crippen LogP contribution < -0.4 is 0 Å². The minimum absolute atomic E-state index is 0.0163. The first-order valence-corrected chi connectivity index (χ1v) is 16.4. The molecule has 0 unspecified atom stereocenters. The number of amides is 2. The van der Waals surface area contributed by atoms with Gasteiger partial charge in [-0.05, 0) is 75.8 Å². The highest BCUT2D eigenvalue weighted by atomic mass is 16.6. The number of hydrogen-bond donors (Lipinski definition) is 2. The van der Waals surface area contributed by atoms with Crippen molar-refractivity contribution < 1.29 is 14.3 Å². The van der Waals surface area contributed by atoms with Gasteiger partial charge in [-0.25, -0.2) is 14.8 Å². The minimum Gasteiger partial charge on any atom is -0.444 e. The summed E-state index contributed by atoms with van der Waals surface area (Å²) in [7, 11) is 0. The topological polar surface area (TPSA) is 107 Å². The summed E-state index contributed by atoms with van der Waals surface area (Å²) in [6, 6.07) is 13.7. The lowest BCUT2D eigenvalue weighted by Crippen LogP contribution is -2.36. The van der Waals surface area contributed by atoms with E-state index < -0.39 is 5.60 Å². The van der Waals surface area contributed by atoms with Crippen LogP contribution in [-0.2, 0) is 9.53 Å². The second-order valence-electron chi connectivity index (χ2n) is 14.9. The molecular formula is C38H44N6O3. The van der Waals surface area contributed by atoms with E-state index in [1.165, 1.54) is 0 Å². The van der Waals surface area contributed by atoms with E-state index in [1.807, 2.05) is 74.3 Å². The Labute approximate surface area is 276 Å². The number of rotatable bonds is 4. The molecular weight excluding hydrogens is 588 g/mol. The summed E-state index contributed by atoms with van der Waals surface area (Å²) in [5.41, 5.74) is 5.64. The van der Waals surface area contributed by atoms with Gasteiger partial charge < -0.3 is 19.6 Å². The fraction of sp³-hybridized carbons (Fsp3) is 0.421. The Morgan fingerprint density at radius 2 is 1.68 bits per heavy atom. The van der Waals surface area contributed by atoms with Crippen molar-refractivity contribution in [3.63, 3.8) is 0 Å². The molecule has 2 amide bonds. The van der Waals surface area contributed by atoms with Gasteiger partial charge >= 0.3 is 6.09 Å². The van der Waals surface area contributed by atoms with Gasteiger partial charge in [0.15, 0.2) is 0 Å². The first-order chi connectivity index (χ1) is 22.2. The summed E-state index contributed by atoms with van der Waals surface area (Å²) in [6.07, 6.45) is 4.57. The van der Waals surface area contributed by atoms with Gasteiger partial charge in [-0.2, -0.15) is 0 Å². The molecule has 2 N–H and O–H groups in total. The van der Waals surface area contributed by atoms with E-state index in [-0.39, 0.29) is 29.5 Å². The predicted molar refractivity (Wildman–Crippen MR) is 183 cm³/mol. The van der Waals surface area contributed by atoms with Gasteiger partial charge in [0.2, 0.25) is 5.91 Å². The number of aromatic nitrogens is 4. The Hall–Kier alpha value is -4.84. The average Bonchev–Trinajstić information content (AvgIpc) is 3.79. The molecule has 2 fully saturated rings. The van der Waals surface area contributed by atoms with Gasteiger partial charge in [0.1, 0.15) is 17.2 Å². The van der Waals surface area contributed by atoms with Crippen LogP contribution >= 0.6 is 0 Å². The minimum atomic E-state index is -0.578. The third-order valence-corrected chi connectivity index (χ3v) is 8.40. The summed E-state index contributed by atoms with van der Waals surface area (Å²) in [5, 5.41) is 0. The summed E-state index contributed by atoms with van der Waals surface area (Å²) < 4.78 is 5.62. The van der Waals surface area contributed by atoms with Crippen molar-refractivity contribution in [2.75, 3.05) is 13.1 Å². The number of nitrogens with zero attached hydrogens (tertiary/aromatic N) is 4. The molecule has 2 saturated heterocycles. The number of aromatic amines is 2. The molecule has 2 aliphatic rings. The molecule has 6 rings (SSSR count). The van der Waals surface area contributed by atoms with E-state index in [2.05, 4.69) is 49.2 Å². The van der Waals surface area contributed by atoms with Crippen molar-refractivity contribution >= 4 is 23.0 Å². The molecule has 244 valence electrons. The second kappa shape index (κ2) is 12.4. The Kier molecular flexibility index (Phi) is 8.47. The van der Waals surface area contributed by atoms with Crippen molar-refractivity contribution in [1.29, 1.82) is 0 Å². The zero-order chi connectivity index (χ0) is 33.5. The van der Waals surface area contributed by atoms with Gasteiger partial charge in [0, 0.05) is 42.4 Å². The molecule has 2 aromatic carbocycles. The zero-order valence-electron chi connectivity index (χ0n) is 28.2. The van der Waals surface area contributed by atoms with Gasteiger partial charge in [-0.1, -0.05) is 56.9 Å². The average molecular weight is 633 g/mol. The van der Waals surface area contributed by atoms with Crippen LogP contribution in [0.4, 0.5) is 4.79 Å². The van der Waals surface area contributed by atoms with Crippen LogP contribution in [0.15, 0.2) is 60.8 Å². The molecule has 9 heteroatoms. The molecule has 2 aliphatic heterocycles. The molecule has 0 saturated carbocycles. The van der Waals surface area contributed by atoms with Crippen LogP contribution in [0.2, 0.25) is 0 Å². The van der Waals surface area contributed by atoms with Crippen LogP contribution in [0, 0.1) is 17.3 Å². The number of H-pyrrole nitrogens is 2. The molecule has 4 heterocycles. The van der Waals surface area contributed by atoms with Gasteiger partial charge in [-0.15, -0.1) is 0 Å². The first-order valence-electron chi connectivity index (χ1n) is 16.4. The smallest absolute Gasteiger partial charge is 0.411 e. The largest absolute Gasteiger partial charge is 0.444 e. The number of carbonyl (C=O) groups is 2. The molecule has 0 spiro atoms. The zero-order valence-corrected chi connectivity index (χ0v) is 28.2. The van der Waals surface area contributed by atoms with Crippen LogP contribution in [-0.4, -0.2) is 60.4 Å². The SMILES string of the molecule is C=C1C[C@@H](c2nc(-c3ccc(C#Cc4ccc5[nH]c([C@@H]6CCCN6C(=O)CC(C)(C)C)nc5c4)cc3)c[nH]2)N(C(=O)OC(C)(C)C)C1. The van der Waals surface area contributed by atoms with E-state index in [1.54, 1.807) is 4.90 Å². The van der Waals surface area contributed by atoms with Crippen molar-refractivity contribution in [3.05, 3.63) is 83.6 Å². The predicted octanol–water partition coefficient (Wildman–Crippen LogP) is 7.69. The molecule has 2 atom stereocenters. The normalized spacial score (nSPS) is 18.5.